The van der Waals surface area contributed by atoms with Crippen LogP contribution in [0.25, 0.3) is 0 Å². The summed E-state index contributed by atoms with van der Waals surface area (Å²) in [6, 6.07) is 11.3. The first kappa shape index (κ1) is 25.9. The lowest BCUT2D eigenvalue weighted by Gasteiger charge is -2.40. The van der Waals surface area contributed by atoms with E-state index in [1.807, 2.05) is 18.5 Å². The van der Waals surface area contributed by atoms with Crippen molar-refractivity contribution in [3.63, 3.8) is 0 Å². The minimum atomic E-state index is 0. The standard InChI is InChI=1S/C24H37N7O.HI/c1-4-22(20-9-6-5-7-10-20)30-12-14-31(15-13-30)24(25-17-21-11-8-16-32-21)26-18-23-28-27-19(2)29(23)3;/h5-7,9-10,21-22H,4,8,11-18H2,1-3H3,(H,25,26);1H. The molecule has 0 spiro atoms. The molecule has 1 aromatic carbocycles. The molecule has 0 amide bonds. The third kappa shape index (κ3) is 6.66. The van der Waals surface area contributed by atoms with Crippen LogP contribution in [0.15, 0.2) is 35.3 Å². The Kier molecular flexibility index (Phi) is 9.94. The molecule has 182 valence electrons. The zero-order valence-electron chi connectivity index (χ0n) is 20.1. The van der Waals surface area contributed by atoms with Crippen LogP contribution in [0.3, 0.4) is 0 Å². The van der Waals surface area contributed by atoms with Gasteiger partial charge < -0.3 is 19.5 Å². The van der Waals surface area contributed by atoms with Crippen molar-refractivity contribution >= 4 is 29.9 Å². The summed E-state index contributed by atoms with van der Waals surface area (Å²) in [6.07, 6.45) is 3.66. The van der Waals surface area contributed by atoms with E-state index in [-0.39, 0.29) is 30.1 Å². The molecule has 8 nitrogen and oxygen atoms in total. The Balaban J connectivity index is 0.00000306. The molecule has 33 heavy (non-hydrogen) atoms. The maximum atomic E-state index is 5.82. The fraction of sp³-hybridized carbons (Fsp3) is 0.625. The van der Waals surface area contributed by atoms with Crippen LogP contribution < -0.4 is 5.32 Å². The smallest absolute Gasteiger partial charge is 0.194 e. The van der Waals surface area contributed by atoms with E-state index in [2.05, 4.69) is 62.6 Å². The minimum absolute atomic E-state index is 0. The molecule has 2 aliphatic heterocycles. The van der Waals surface area contributed by atoms with Crippen LogP contribution in [0.5, 0.6) is 0 Å². The third-order valence-corrected chi connectivity index (χ3v) is 6.69. The second-order valence-corrected chi connectivity index (χ2v) is 8.74. The molecular weight excluding hydrogens is 529 g/mol. The highest BCUT2D eigenvalue weighted by Crippen LogP contribution is 2.25. The molecule has 2 atom stereocenters. The number of hydrogen-bond donors (Lipinski definition) is 1. The van der Waals surface area contributed by atoms with Crippen molar-refractivity contribution in [2.24, 2.45) is 12.0 Å². The average molecular weight is 568 g/mol. The molecule has 3 heterocycles. The molecule has 1 N–H and O–H groups in total. The summed E-state index contributed by atoms with van der Waals surface area (Å²) in [5.74, 6) is 2.74. The lowest BCUT2D eigenvalue weighted by molar-refractivity contribution is 0.109. The van der Waals surface area contributed by atoms with Crippen LogP contribution in [0.4, 0.5) is 0 Å². The molecule has 2 aromatic rings. The summed E-state index contributed by atoms with van der Waals surface area (Å²) in [5.41, 5.74) is 1.41. The van der Waals surface area contributed by atoms with E-state index in [0.29, 0.717) is 12.6 Å². The van der Waals surface area contributed by atoms with Crippen LogP contribution in [0.1, 0.15) is 49.4 Å². The molecule has 0 aliphatic carbocycles. The van der Waals surface area contributed by atoms with Crippen molar-refractivity contribution in [3.05, 3.63) is 47.5 Å². The second-order valence-electron chi connectivity index (χ2n) is 8.74. The lowest BCUT2D eigenvalue weighted by Crippen LogP contribution is -2.53. The molecular formula is C24H38IN7O. The molecule has 9 heteroatoms. The van der Waals surface area contributed by atoms with Gasteiger partial charge in [-0.2, -0.15) is 0 Å². The van der Waals surface area contributed by atoms with E-state index in [0.717, 1.165) is 76.2 Å². The van der Waals surface area contributed by atoms with Gasteiger partial charge in [0.25, 0.3) is 0 Å². The first-order valence-corrected chi connectivity index (χ1v) is 11.9. The average Bonchev–Trinajstić information content (AvgIpc) is 3.46. The van der Waals surface area contributed by atoms with Gasteiger partial charge in [-0.3, -0.25) is 4.90 Å². The van der Waals surface area contributed by atoms with Crippen LogP contribution in [0, 0.1) is 6.92 Å². The summed E-state index contributed by atoms with van der Waals surface area (Å²) in [6.45, 7) is 10.4. The normalized spacial score (nSPS) is 20.5. The second kappa shape index (κ2) is 12.7. The SMILES string of the molecule is CCC(c1ccccc1)N1CCN(C(=NCc2nnc(C)n2C)NCC2CCCO2)CC1.I. The van der Waals surface area contributed by atoms with Crippen molar-refractivity contribution in [2.45, 2.75) is 51.8 Å². The van der Waals surface area contributed by atoms with Crippen LogP contribution >= 0.6 is 24.0 Å². The summed E-state index contributed by atoms with van der Waals surface area (Å²) >= 11 is 0. The Morgan fingerprint density at radius 3 is 2.55 bits per heavy atom. The highest BCUT2D eigenvalue weighted by Gasteiger charge is 2.26. The van der Waals surface area contributed by atoms with Gasteiger partial charge in [-0.15, -0.1) is 34.2 Å². The third-order valence-electron chi connectivity index (χ3n) is 6.69. The Bertz CT molecular complexity index is 874. The van der Waals surface area contributed by atoms with Crippen molar-refractivity contribution in [2.75, 3.05) is 39.3 Å². The highest BCUT2D eigenvalue weighted by molar-refractivity contribution is 14.0. The van der Waals surface area contributed by atoms with Gasteiger partial charge in [0, 0.05) is 52.4 Å². The van der Waals surface area contributed by atoms with Gasteiger partial charge in [0.15, 0.2) is 11.8 Å². The van der Waals surface area contributed by atoms with Crippen LogP contribution in [-0.2, 0) is 18.3 Å². The van der Waals surface area contributed by atoms with E-state index in [9.17, 15) is 0 Å². The number of nitrogens with one attached hydrogen (secondary N) is 1. The number of aliphatic imine (C=N–C) groups is 1. The van der Waals surface area contributed by atoms with E-state index >= 15 is 0 Å². The summed E-state index contributed by atoms with van der Waals surface area (Å²) in [5, 5.41) is 12.0. The Hall–Kier alpha value is -1.72. The quantitative estimate of drug-likeness (QED) is 0.315. The van der Waals surface area contributed by atoms with Crippen LogP contribution in [-0.4, -0.2) is 76.0 Å². The van der Waals surface area contributed by atoms with Crippen molar-refractivity contribution in [1.82, 2.24) is 29.9 Å². The van der Waals surface area contributed by atoms with Gasteiger partial charge in [-0.25, -0.2) is 4.99 Å². The number of benzene rings is 1. The zero-order valence-corrected chi connectivity index (χ0v) is 22.4. The first-order chi connectivity index (χ1) is 15.7. The largest absolute Gasteiger partial charge is 0.376 e. The molecule has 2 aliphatic rings. The molecule has 2 saturated heterocycles. The topological polar surface area (TPSA) is 70.8 Å². The molecule has 0 radical (unpaired) electrons. The van der Waals surface area contributed by atoms with E-state index in [1.54, 1.807) is 0 Å². The predicted molar refractivity (Wildman–Crippen MR) is 142 cm³/mol. The monoisotopic (exact) mass is 567 g/mol. The van der Waals surface area contributed by atoms with Gasteiger partial charge in [0.05, 0.1) is 6.10 Å². The number of hydrogen-bond acceptors (Lipinski definition) is 5. The predicted octanol–water partition coefficient (Wildman–Crippen LogP) is 3.14. The number of nitrogens with zero attached hydrogens (tertiary/aromatic N) is 6. The van der Waals surface area contributed by atoms with Crippen LogP contribution in [0.2, 0.25) is 0 Å². The Morgan fingerprint density at radius 2 is 1.94 bits per heavy atom. The van der Waals surface area contributed by atoms with Crippen molar-refractivity contribution < 1.29 is 4.74 Å². The van der Waals surface area contributed by atoms with Gasteiger partial charge in [0.1, 0.15) is 12.4 Å². The summed E-state index contributed by atoms with van der Waals surface area (Å²) < 4.78 is 7.82. The van der Waals surface area contributed by atoms with E-state index in [4.69, 9.17) is 9.73 Å². The highest BCUT2D eigenvalue weighted by atomic mass is 127. The fourth-order valence-electron chi connectivity index (χ4n) is 4.64. The van der Waals surface area contributed by atoms with Crippen molar-refractivity contribution in [3.8, 4) is 0 Å². The lowest BCUT2D eigenvalue weighted by atomic mass is 10.0. The number of piperazine rings is 1. The summed E-state index contributed by atoms with van der Waals surface area (Å²) in [4.78, 5) is 9.92. The number of guanidine groups is 1. The fourth-order valence-corrected chi connectivity index (χ4v) is 4.64. The molecule has 0 saturated carbocycles. The molecule has 1 aromatic heterocycles. The molecule has 2 fully saturated rings. The molecule has 4 rings (SSSR count). The maximum Gasteiger partial charge on any atom is 0.194 e. The maximum absolute atomic E-state index is 5.82. The Labute approximate surface area is 214 Å². The first-order valence-electron chi connectivity index (χ1n) is 11.9. The van der Waals surface area contributed by atoms with Gasteiger partial charge in [-0.05, 0) is 31.7 Å². The van der Waals surface area contributed by atoms with Gasteiger partial charge in [-0.1, -0.05) is 37.3 Å². The van der Waals surface area contributed by atoms with Crippen molar-refractivity contribution in [1.29, 1.82) is 0 Å². The zero-order chi connectivity index (χ0) is 22.3. The number of halogens is 1. The van der Waals surface area contributed by atoms with E-state index < -0.39 is 0 Å². The number of rotatable bonds is 7. The Morgan fingerprint density at radius 1 is 1.18 bits per heavy atom. The number of ether oxygens (including phenoxy) is 1. The minimum Gasteiger partial charge on any atom is -0.376 e. The molecule has 0 bridgehead atoms. The van der Waals surface area contributed by atoms with E-state index in [1.165, 1.54) is 5.56 Å². The summed E-state index contributed by atoms with van der Waals surface area (Å²) in [7, 11) is 1.99. The number of aryl methyl sites for hydroxylation is 1. The molecule has 2 unspecified atom stereocenters. The van der Waals surface area contributed by atoms with Gasteiger partial charge >= 0.3 is 0 Å². The van der Waals surface area contributed by atoms with Gasteiger partial charge in [0.2, 0.25) is 0 Å². The number of aromatic nitrogens is 3.